The van der Waals surface area contributed by atoms with Crippen molar-refractivity contribution in [2.75, 3.05) is 6.61 Å². The van der Waals surface area contributed by atoms with Crippen LogP contribution in [0.1, 0.15) is 54.4 Å². The number of hydrogen-bond donors (Lipinski definition) is 2. The highest BCUT2D eigenvalue weighted by molar-refractivity contribution is 5.94. The minimum absolute atomic E-state index is 0.0417. The second-order valence-corrected chi connectivity index (χ2v) is 9.67. The predicted octanol–water partition coefficient (Wildman–Crippen LogP) is 7.10. The van der Waals surface area contributed by atoms with Crippen LogP contribution in [0.3, 0.4) is 0 Å². The largest absolute Gasteiger partial charge is 0.494 e. The number of carboxylic acids is 2. The summed E-state index contributed by atoms with van der Waals surface area (Å²) < 4.78 is 7.96. The summed E-state index contributed by atoms with van der Waals surface area (Å²) in [5, 5.41) is 19.3. The molecule has 0 atom stereocenters. The maximum atomic E-state index is 11.2. The Morgan fingerprint density at radius 2 is 1.54 bits per heavy atom. The quantitative estimate of drug-likeness (QED) is 0.128. The molecular formula is C33H35NO5. The fourth-order valence-corrected chi connectivity index (χ4v) is 4.75. The van der Waals surface area contributed by atoms with E-state index in [0.717, 1.165) is 52.6 Å². The Morgan fingerprint density at radius 1 is 0.769 bits per heavy atom. The molecule has 0 radical (unpaired) electrons. The van der Waals surface area contributed by atoms with E-state index in [1.165, 1.54) is 5.56 Å². The van der Waals surface area contributed by atoms with E-state index in [0.29, 0.717) is 26.0 Å². The van der Waals surface area contributed by atoms with Gasteiger partial charge in [-0.05, 0) is 72.6 Å². The number of rotatable bonds is 15. The van der Waals surface area contributed by atoms with E-state index in [2.05, 4.69) is 24.3 Å². The van der Waals surface area contributed by atoms with Gasteiger partial charge in [-0.15, -0.1) is 0 Å². The van der Waals surface area contributed by atoms with E-state index in [-0.39, 0.29) is 12.8 Å². The Bertz CT molecular complexity index is 1400. The second-order valence-electron chi connectivity index (χ2n) is 9.67. The number of aromatic nitrogens is 1. The van der Waals surface area contributed by atoms with Crippen molar-refractivity contribution in [2.24, 2.45) is 0 Å². The molecule has 0 unspecified atom stereocenters. The molecule has 1 heterocycles. The Labute approximate surface area is 229 Å². The summed E-state index contributed by atoms with van der Waals surface area (Å²) >= 11 is 0. The Morgan fingerprint density at radius 3 is 2.28 bits per heavy atom. The summed E-state index contributed by atoms with van der Waals surface area (Å²) in [5.74, 6) is -0.808. The lowest BCUT2D eigenvalue weighted by Crippen LogP contribution is -2.01. The number of aryl methyl sites for hydroxylation is 3. The van der Waals surface area contributed by atoms with Crippen LogP contribution in [0.25, 0.3) is 23.1 Å². The first-order chi connectivity index (χ1) is 19.0. The van der Waals surface area contributed by atoms with Crippen LogP contribution in [0.2, 0.25) is 0 Å². The zero-order valence-corrected chi connectivity index (χ0v) is 22.1. The van der Waals surface area contributed by atoms with Crippen LogP contribution >= 0.6 is 0 Å². The highest BCUT2D eigenvalue weighted by atomic mass is 16.5. The van der Waals surface area contributed by atoms with Gasteiger partial charge < -0.3 is 19.5 Å². The minimum atomic E-state index is -0.840. The summed E-state index contributed by atoms with van der Waals surface area (Å²) in [6.45, 7) is 1.25. The van der Waals surface area contributed by atoms with Crippen LogP contribution < -0.4 is 4.74 Å². The molecule has 39 heavy (non-hydrogen) atoms. The minimum Gasteiger partial charge on any atom is -0.494 e. The van der Waals surface area contributed by atoms with Crippen molar-refractivity contribution in [3.63, 3.8) is 0 Å². The van der Waals surface area contributed by atoms with Crippen LogP contribution in [0, 0.1) is 0 Å². The Balaban J connectivity index is 1.40. The van der Waals surface area contributed by atoms with E-state index in [9.17, 15) is 14.7 Å². The molecule has 0 spiro atoms. The van der Waals surface area contributed by atoms with Crippen molar-refractivity contribution in [1.82, 2.24) is 4.57 Å². The number of ether oxygens (including phenoxy) is 1. The first-order valence-electron chi connectivity index (χ1n) is 13.5. The van der Waals surface area contributed by atoms with Gasteiger partial charge in [0, 0.05) is 36.5 Å². The van der Waals surface area contributed by atoms with Crippen molar-refractivity contribution in [2.45, 2.75) is 51.5 Å². The van der Waals surface area contributed by atoms with Crippen molar-refractivity contribution in [1.29, 1.82) is 0 Å². The van der Waals surface area contributed by atoms with Crippen molar-refractivity contribution >= 4 is 35.0 Å². The van der Waals surface area contributed by atoms with Gasteiger partial charge in [0.15, 0.2) is 0 Å². The molecule has 4 rings (SSSR count). The van der Waals surface area contributed by atoms with Gasteiger partial charge in [-0.25, -0.2) is 0 Å². The van der Waals surface area contributed by atoms with Gasteiger partial charge in [-0.2, -0.15) is 0 Å². The third kappa shape index (κ3) is 8.34. The topological polar surface area (TPSA) is 88.8 Å². The normalized spacial score (nSPS) is 11.3. The van der Waals surface area contributed by atoms with E-state index < -0.39 is 11.9 Å². The Hall–Kier alpha value is -4.32. The maximum Gasteiger partial charge on any atom is 0.303 e. The standard InChI is InChI=1S/C33H35NO5/c35-31(36)13-7-22-34-24-28(18-21-32(37)38)33-27(11-6-12-30(33)34)17-14-26-15-19-29(20-16-26)39-23-5-4-10-25-8-2-1-3-9-25/h1-3,6,8-9,11-12,14-17,19-20,24H,4-5,7,10,13,18,21-23H2,(H,35,36)(H,37,38)/b17-14+. The number of benzene rings is 3. The van der Waals surface area contributed by atoms with Gasteiger partial charge in [0.05, 0.1) is 6.61 Å². The molecule has 0 aliphatic carbocycles. The lowest BCUT2D eigenvalue weighted by atomic mass is 10.0. The summed E-state index contributed by atoms with van der Waals surface area (Å²) in [6.07, 6.45) is 10.3. The number of unbranched alkanes of at least 4 members (excludes halogenated alkanes) is 1. The fourth-order valence-electron chi connectivity index (χ4n) is 4.75. The third-order valence-electron chi connectivity index (χ3n) is 6.72. The van der Waals surface area contributed by atoms with Gasteiger partial charge in [0.25, 0.3) is 0 Å². The molecule has 0 aliphatic heterocycles. The van der Waals surface area contributed by atoms with E-state index in [1.54, 1.807) is 0 Å². The maximum absolute atomic E-state index is 11.2. The van der Waals surface area contributed by atoms with Crippen molar-refractivity contribution in [3.05, 3.63) is 101 Å². The Kier molecular flexibility index (Phi) is 9.95. The molecule has 4 aromatic rings. The molecule has 1 aromatic heterocycles. The SMILES string of the molecule is O=C(O)CCCn1cc(CCC(=O)O)c2c(/C=C/c3ccc(OCCCCc4ccccc4)cc3)cccc21. The van der Waals surface area contributed by atoms with Gasteiger partial charge in [-0.3, -0.25) is 9.59 Å². The number of hydrogen-bond acceptors (Lipinski definition) is 3. The third-order valence-corrected chi connectivity index (χ3v) is 6.72. The van der Waals surface area contributed by atoms with Crippen LogP contribution in [-0.4, -0.2) is 33.3 Å². The molecule has 0 fully saturated rings. The highest BCUT2D eigenvalue weighted by Crippen LogP contribution is 2.29. The van der Waals surface area contributed by atoms with E-state index in [1.807, 2.05) is 71.4 Å². The molecule has 2 N–H and O–H groups in total. The van der Waals surface area contributed by atoms with Crippen molar-refractivity contribution in [3.8, 4) is 5.75 Å². The highest BCUT2D eigenvalue weighted by Gasteiger charge is 2.13. The lowest BCUT2D eigenvalue weighted by Gasteiger charge is -2.07. The second kappa shape index (κ2) is 14.0. The molecule has 0 saturated carbocycles. The molecule has 202 valence electrons. The first kappa shape index (κ1) is 27.7. The first-order valence-corrected chi connectivity index (χ1v) is 13.5. The number of nitrogens with zero attached hydrogens (tertiary/aromatic N) is 1. The van der Waals surface area contributed by atoms with Gasteiger partial charge in [0.2, 0.25) is 0 Å². The average Bonchev–Trinajstić information content (AvgIpc) is 3.30. The van der Waals surface area contributed by atoms with Crippen LogP contribution in [-0.2, 0) is 29.0 Å². The van der Waals surface area contributed by atoms with E-state index >= 15 is 0 Å². The summed E-state index contributed by atoms with van der Waals surface area (Å²) in [6, 6.07) is 24.5. The molecule has 6 heteroatoms. The number of fused-ring (bicyclic) bond motifs is 1. The average molecular weight is 526 g/mol. The lowest BCUT2D eigenvalue weighted by molar-refractivity contribution is -0.138. The van der Waals surface area contributed by atoms with E-state index in [4.69, 9.17) is 9.84 Å². The molecule has 6 nitrogen and oxygen atoms in total. The summed E-state index contributed by atoms with van der Waals surface area (Å²) in [5.41, 5.74) is 5.34. The molecule has 0 saturated heterocycles. The summed E-state index contributed by atoms with van der Waals surface area (Å²) in [4.78, 5) is 22.2. The van der Waals surface area contributed by atoms with Crippen LogP contribution in [0.5, 0.6) is 5.75 Å². The number of aliphatic carboxylic acids is 2. The fraction of sp³-hybridized carbons (Fsp3) is 0.273. The van der Waals surface area contributed by atoms with Gasteiger partial charge >= 0.3 is 11.9 Å². The summed E-state index contributed by atoms with van der Waals surface area (Å²) in [7, 11) is 0. The van der Waals surface area contributed by atoms with Crippen LogP contribution in [0.15, 0.2) is 79.0 Å². The van der Waals surface area contributed by atoms with Crippen molar-refractivity contribution < 1.29 is 24.5 Å². The molecule has 3 aromatic carbocycles. The molecule has 0 amide bonds. The van der Waals surface area contributed by atoms with Gasteiger partial charge in [-0.1, -0.05) is 66.7 Å². The monoisotopic (exact) mass is 525 g/mol. The number of carbonyl (C=O) groups is 2. The van der Waals surface area contributed by atoms with Crippen LogP contribution in [0.4, 0.5) is 0 Å². The predicted molar refractivity (Wildman–Crippen MR) is 155 cm³/mol. The molecule has 0 aliphatic rings. The zero-order valence-electron chi connectivity index (χ0n) is 22.1. The molecule has 0 bridgehead atoms. The number of carboxylic acid groups (broad SMARTS) is 2. The van der Waals surface area contributed by atoms with Gasteiger partial charge in [0.1, 0.15) is 5.75 Å². The smallest absolute Gasteiger partial charge is 0.303 e. The zero-order chi connectivity index (χ0) is 27.5. The molecular weight excluding hydrogens is 490 g/mol.